The highest BCUT2D eigenvalue weighted by Crippen LogP contribution is 2.46. The summed E-state index contributed by atoms with van der Waals surface area (Å²) in [4.78, 5) is 0. The van der Waals surface area contributed by atoms with Gasteiger partial charge in [-0.2, -0.15) is 22.0 Å². The summed E-state index contributed by atoms with van der Waals surface area (Å²) in [5.74, 6) is -5.00. The number of hydrogen-bond acceptors (Lipinski definition) is 0. The average Bonchev–Trinajstić information content (AvgIpc) is 2.26. The van der Waals surface area contributed by atoms with E-state index in [1.807, 2.05) is 0 Å². The van der Waals surface area contributed by atoms with Crippen LogP contribution in [0.25, 0.3) is 0 Å². The summed E-state index contributed by atoms with van der Waals surface area (Å²) in [6.45, 7) is 1.43. The molecule has 0 aliphatic rings. The van der Waals surface area contributed by atoms with Crippen molar-refractivity contribution in [2.45, 2.75) is 31.5 Å². The minimum absolute atomic E-state index is 0.0506. The molecule has 0 bridgehead atoms. The molecule has 0 fully saturated rings. The van der Waals surface area contributed by atoms with E-state index in [9.17, 15) is 27.1 Å². The molecule has 0 N–H and O–H groups in total. The Kier molecular flexibility index (Phi) is 3.76. The van der Waals surface area contributed by atoms with Gasteiger partial charge in [0.1, 0.15) is 6.10 Å². The van der Waals surface area contributed by atoms with Crippen molar-refractivity contribution in [1.29, 1.82) is 0 Å². The van der Waals surface area contributed by atoms with Crippen LogP contribution in [0.3, 0.4) is 0 Å². The first-order valence-corrected chi connectivity index (χ1v) is 4.91. The lowest BCUT2D eigenvalue weighted by atomic mass is 9.96. The summed E-state index contributed by atoms with van der Waals surface area (Å²) in [5.41, 5.74) is -1.76. The van der Waals surface area contributed by atoms with Crippen molar-refractivity contribution >= 4 is 0 Å². The first kappa shape index (κ1) is 13.9. The minimum atomic E-state index is -5.70. The van der Waals surface area contributed by atoms with Gasteiger partial charge in [0.15, 0.2) is 0 Å². The first-order valence-electron chi connectivity index (χ1n) is 4.91. The van der Waals surface area contributed by atoms with Gasteiger partial charge in [0.05, 0.1) is 0 Å². The maximum atomic E-state index is 13.2. The molecule has 1 aromatic carbocycles. The third-order valence-electron chi connectivity index (χ3n) is 2.37. The van der Waals surface area contributed by atoms with Crippen molar-refractivity contribution in [3.8, 4) is 0 Å². The van der Waals surface area contributed by atoms with E-state index in [2.05, 4.69) is 0 Å². The van der Waals surface area contributed by atoms with Crippen LogP contribution in [0.4, 0.5) is 22.0 Å². The average molecular weight is 253 g/mol. The van der Waals surface area contributed by atoms with Crippen LogP contribution in [-0.4, -0.2) is 6.18 Å². The molecule has 0 saturated heterocycles. The summed E-state index contributed by atoms with van der Waals surface area (Å²) in [5, 5.41) is 11.4. The minimum Gasteiger partial charge on any atom is -0.228 e. The third-order valence-corrected chi connectivity index (χ3v) is 2.37. The number of alkyl halides is 5. The van der Waals surface area contributed by atoms with Crippen LogP contribution in [-0.2, 0) is 11.0 Å². The quantitative estimate of drug-likeness (QED) is 0.719. The predicted molar refractivity (Wildman–Crippen MR) is 50.1 cm³/mol. The summed E-state index contributed by atoms with van der Waals surface area (Å²) in [6, 6.07) is 3.98. The Bertz CT molecular complexity index is 386. The fourth-order valence-electron chi connectivity index (χ4n) is 1.44. The van der Waals surface area contributed by atoms with Crippen LogP contribution in [0.1, 0.15) is 30.6 Å². The van der Waals surface area contributed by atoms with Gasteiger partial charge in [0.2, 0.25) is 0 Å². The molecule has 0 saturated carbocycles. The molecule has 95 valence electrons. The summed E-state index contributed by atoms with van der Waals surface area (Å²) < 4.78 is 63.0. The maximum absolute atomic E-state index is 13.2. The normalized spacial score (nSPS) is 14.8. The van der Waals surface area contributed by atoms with E-state index in [4.69, 9.17) is 0 Å². The van der Waals surface area contributed by atoms with Crippen molar-refractivity contribution < 1.29 is 27.1 Å². The second kappa shape index (κ2) is 4.60. The van der Waals surface area contributed by atoms with Crippen molar-refractivity contribution in [2.24, 2.45) is 0 Å². The number of rotatable bonds is 3. The molecule has 0 aliphatic carbocycles. The van der Waals surface area contributed by atoms with E-state index >= 15 is 0 Å². The van der Waals surface area contributed by atoms with Gasteiger partial charge in [-0.3, -0.25) is 0 Å². The Hall–Kier alpha value is -1.17. The number of halogens is 5. The number of hydrogen-bond donors (Lipinski definition) is 0. The van der Waals surface area contributed by atoms with Crippen LogP contribution in [0.5, 0.6) is 0 Å². The van der Waals surface area contributed by atoms with Crippen molar-refractivity contribution in [3.63, 3.8) is 0 Å². The zero-order chi connectivity index (χ0) is 13.3. The SMILES string of the molecule is CCC([O])c1ccccc1C(F)(F)C(F)(F)F. The van der Waals surface area contributed by atoms with E-state index in [0.29, 0.717) is 6.07 Å². The van der Waals surface area contributed by atoms with Gasteiger partial charge in [0.25, 0.3) is 0 Å². The van der Waals surface area contributed by atoms with Gasteiger partial charge >= 0.3 is 12.1 Å². The van der Waals surface area contributed by atoms with Gasteiger partial charge in [-0.05, 0) is 12.0 Å². The third kappa shape index (κ3) is 2.57. The smallest absolute Gasteiger partial charge is 0.228 e. The van der Waals surface area contributed by atoms with Gasteiger partial charge in [0, 0.05) is 5.56 Å². The lowest BCUT2D eigenvalue weighted by Gasteiger charge is -2.23. The molecule has 0 aliphatic heterocycles. The van der Waals surface area contributed by atoms with Crippen LogP contribution < -0.4 is 0 Å². The maximum Gasteiger partial charge on any atom is 0.458 e. The fourth-order valence-corrected chi connectivity index (χ4v) is 1.44. The van der Waals surface area contributed by atoms with Crippen LogP contribution in [0, 0.1) is 0 Å². The molecule has 0 spiro atoms. The lowest BCUT2D eigenvalue weighted by Crippen LogP contribution is -2.34. The predicted octanol–water partition coefficient (Wildman–Crippen LogP) is 4.22. The van der Waals surface area contributed by atoms with Crippen molar-refractivity contribution in [2.75, 3.05) is 0 Å². The molecule has 6 heteroatoms. The molecule has 1 radical (unpaired) electrons. The fraction of sp³-hybridized carbons (Fsp3) is 0.455. The molecular weight excluding hydrogens is 243 g/mol. The zero-order valence-corrected chi connectivity index (χ0v) is 8.89. The molecule has 0 heterocycles. The van der Waals surface area contributed by atoms with E-state index in [1.54, 1.807) is 0 Å². The second-order valence-corrected chi connectivity index (χ2v) is 3.56. The largest absolute Gasteiger partial charge is 0.458 e. The Morgan fingerprint density at radius 1 is 1.12 bits per heavy atom. The number of benzene rings is 1. The standard InChI is InChI=1S/C11H10F5O/c1-2-9(17)7-5-3-4-6-8(7)10(12,13)11(14,15)16/h3-6,9H,2H2,1H3. The molecule has 0 amide bonds. The monoisotopic (exact) mass is 253 g/mol. The first-order chi connectivity index (χ1) is 7.71. The van der Waals surface area contributed by atoms with Crippen LogP contribution in [0.15, 0.2) is 24.3 Å². The topological polar surface area (TPSA) is 19.9 Å². The molecule has 1 nitrogen and oxygen atoms in total. The van der Waals surface area contributed by atoms with Crippen molar-refractivity contribution in [1.82, 2.24) is 0 Å². The van der Waals surface area contributed by atoms with Crippen molar-refractivity contribution in [3.05, 3.63) is 35.4 Å². The van der Waals surface area contributed by atoms with E-state index in [0.717, 1.165) is 12.1 Å². The molecule has 0 aromatic heterocycles. The van der Waals surface area contributed by atoms with Gasteiger partial charge in [-0.1, -0.05) is 31.2 Å². The molecular formula is C11H10F5O. The molecule has 1 unspecified atom stereocenters. The highest BCUT2D eigenvalue weighted by molar-refractivity contribution is 5.33. The Labute approximate surface area is 94.9 Å². The summed E-state index contributed by atoms with van der Waals surface area (Å²) in [6.07, 6.45) is -7.33. The van der Waals surface area contributed by atoms with E-state index < -0.39 is 29.3 Å². The van der Waals surface area contributed by atoms with Crippen LogP contribution >= 0.6 is 0 Å². The molecule has 1 rings (SSSR count). The summed E-state index contributed by atoms with van der Waals surface area (Å²) >= 11 is 0. The summed E-state index contributed by atoms with van der Waals surface area (Å²) in [7, 11) is 0. The second-order valence-electron chi connectivity index (χ2n) is 3.56. The highest BCUT2D eigenvalue weighted by Gasteiger charge is 2.59. The zero-order valence-electron chi connectivity index (χ0n) is 8.89. The highest BCUT2D eigenvalue weighted by atomic mass is 19.4. The molecule has 1 aromatic rings. The van der Waals surface area contributed by atoms with Gasteiger partial charge in [-0.15, -0.1) is 0 Å². The van der Waals surface area contributed by atoms with Crippen LogP contribution in [0.2, 0.25) is 0 Å². The molecule has 1 atom stereocenters. The lowest BCUT2D eigenvalue weighted by molar-refractivity contribution is -0.289. The Morgan fingerprint density at radius 2 is 1.65 bits per heavy atom. The van der Waals surface area contributed by atoms with E-state index in [-0.39, 0.29) is 6.42 Å². The van der Waals surface area contributed by atoms with E-state index in [1.165, 1.54) is 13.0 Å². The Morgan fingerprint density at radius 3 is 2.12 bits per heavy atom. The van der Waals surface area contributed by atoms with Gasteiger partial charge in [-0.25, -0.2) is 5.11 Å². The van der Waals surface area contributed by atoms with Gasteiger partial charge < -0.3 is 0 Å². The Balaban J connectivity index is 3.31. The molecule has 17 heavy (non-hydrogen) atoms.